The van der Waals surface area contributed by atoms with Crippen LogP contribution in [0.4, 0.5) is 0 Å². The number of carbonyl (C=O) groups is 1. The molecule has 5 nitrogen and oxygen atoms in total. The Bertz CT molecular complexity index is 688. The maximum absolute atomic E-state index is 12.2. The molecular weight excluding hydrogens is 320 g/mol. The van der Waals surface area contributed by atoms with Gasteiger partial charge < -0.3 is 19.4 Å². The van der Waals surface area contributed by atoms with Crippen LogP contribution in [0.3, 0.4) is 0 Å². The van der Waals surface area contributed by atoms with Crippen LogP contribution in [-0.4, -0.2) is 28.9 Å². The zero-order valence-corrected chi connectivity index (χ0v) is 15.4. The lowest BCUT2D eigenvalue weighted by atomic mass is 9.53. The van der Waals surface area contributed by atoms with Crippen molar-refractivity contribution < 1.29 is 24.2 Å². The number of carbonyl (C=O) groups excluding carboxylic acids is 1. The van der Waals surface area contributed by atoms with Gasteiger partial charge in [-0.1, -0.05) is 13.0 Å². The van der Waals surface area contributed by atoms with Crippen LogP contribution in [0.5, 0.6) is 0 Å². The van der Waals surface area contributed by atoms with Gasteiger partial charge in [0.2, 0.25) is 0 Å². The van der Waals surface area contributed by atoms with Crippen LogP contribution in [0.1, 0.15) is 56.6 Å². The van der Waals surface area contributed by atoms with Gasteiger partial charge in [0.1, 0.15) is 11.9 Å². The van der Waals surface area contributed by atoms with Gasteiger partial charge in [0.15, 0.2) is 0 Å². The van der Waals surface area contributed by atoms with Crippen molar-refractivity contribution in [1.82, 2.24) is 0 Å². The second kappa shape index (κ2) is 6.61. The molecule has 2 N–H and O–H groups in total. The molecule has 1 heterocycles. The molecule has 0 aliphatic heterocycles. The molecule has 1 aromatic heterocycles. The smallest absolute Gasteiger partial charge is 0.333 e. The molecule has 0 saturated heterocycles. The highest BCUT2D eigenvalue weighted by Crippen LogP contribution is 2.58. The molecule has 0 amide bonds. The number of hydrogen-bond acceptors (Lipinski definition) is 5. The second-order valence-corrected chi connectivity index (χ2v) is 7.71. The third kappa shape index (κ3) is 2.74. The normalized spacial score (nSPS) is 35.0. The molecular formula is C20H28O5. The van der Waals surface area contributed by atoms with Crippen LogP contribution in [0.2, 0.25) is 0 Å². The van der Waals surface area contributed by atoms with Crippen molar-refractivity contribution in [2.24, 2.45) is 17.3 Å². The molecule has 1 aromatic rings. The minimum Gasteiger partial charge on any atom is -0.469 e. The lowest BCUT2D eigenvalue weighted by Gasteiger charge is -2.54. The number of rotatable bonds is 3. The molecule has 2 aliphatic carbocycles. The van der Waals surface area contributed by atoms with Crippen LogP contribution in [0, 0.1) is 24.2 Å². The van der Waals surface area contributed by atoms with Crippen LogP contribution in [0.15, 0.2) is 22.3 Å². The Morgan fingerprint density at radius 2 is 2.20 bits per heavy atom. The van der Waals surface area contributed by atoms with E-state index in [0.717, 1.165) is 29.7 Å². The first kappa shape index (κ1) is 18.2. The third-order valence-corrected chi connectivity index (χ3v) is 6.53. The van der Waals surface area contributed by atoms with Gasteiger partial charge in [-0.05, 0) is 45.1 Å². The largest absolute Gasteiger partial charge is 0.469 e. The molecule has 5 atom stereocenters. The molecule has 0 aromatic carbocycles. The first-order valence-corrected chi connectivity index (χ1v) is 9.04. The van der Waals surface area contributed by atoms with E-state index >= 15 is 0 Å². The minimum absolute atomic E-state index is 0.122. The average molecular weight is 348 g/mol. The standard InChI is InChI=1S/C20H28O5/c1-5-11(2)19(23)25-15-7-6-13-8-16-17(12(3)10-24-16)18(22)20(13,4)14(15)9-21/h5,10,13-15,18,21-22H,6-9H2,1-4H3. The molecule has 138 valence electrons. The number of aliphatic hydroxyl groups is 2. The molecule has 5 unspecified atom stereocenters. The van der Waals surface area contributed by atoms with Crippen LogP contribution < -0.4 is 0 Å². The van der Waals surface area contributed by atoms with Gasteiger partial charge in [0.25, 0.3) is 0 Å². The molecule has 0 bridgehead atoms. The number of hydrogen-bond donors (Lipinski definition) is 2. The highest BCUT2D eigenvalue weighted by molar-refractivity contribution is 5.87. The van der Waals surface area contributed by atoms with Gasteiger partial charge >= 0.3 is 5.97 Å². The predicted molar refractivity (Wildman–Crippen MR) is 92.8 cm³/mol. The highest BCUT2D eigenvalue weighted by atomic mass is 16.5. The quantitative estimate of drug-likeness (QED) is 0.648. The van der Waals surface area contributed by atoms with Crippen molar-refractivity contribution in [2.75, 3.05) is 6.61 Å². The fourth-order valence-corrected chi connectivity index (χ4v) is 4.70. The summed E-state index contributed by atoms with van der Waals surface area (Å²) in [5.74, 6) is 0.385. The van der Waals surface area contributed by atoms with Crippen molar-refractivity contribution in [3.63, 3.8) is 0 Å². The van der Waals surface area contributed by atoms with Crippen LogP contribution in [0.25, 0.3) is 0 Å². The summed E-state index contributed by atoms with van der Waals surface area (Å²) in [6.07, 6.45) is 4.56. The molecule has 5 heteroatoms. The van der Waals surface area contributed by atoms with Crippen molar-refractivity contribution in [1.29, 1.82) is 0 Å². The van der Waals surface area contributed by atoms with Crippen molar-refractivity contribution >= 4 is 5.97 Å². The summed E-state index contributed by atoms with van der Waals surface area (Å²) in [5.41, 5.74) is 1.78. The Morgan fingerprint density at radius 1 is 1.48 bits per heavy atom. The van der Waals surface area contributed by atoms with Gasteiger partial charge in [0, 0.05) is 28.9 Å². The maximum Gasteiger partial charge on any atom is 0.333 e. The molecule has 0 spiro atoms. The summed E-state index contributed by atoms with van der Waals surface area (Å²) >= 11 is 0. The number of ether oxygens (including phenoxy) is 1. The van der Waals surface area contributed by atoms with E-state index in [0.29, 0.717) is 12.0 Å². The van der Waals surface area contributed by atoms with E-state index in [1.54, 1.807) is 26.2 Å². The Labute approximate surface area is 148 Å². The summed E-state index contributed by atoms with van der Waals surface area (Å²) in [7, 11) is 0. The third-order valence-electron chi connectivity index (χ3n) is 6.53. The second-order valence-electron chi connectivity index (χ2n) is 7.71. The Kier molecular flexibility index (Phi) is 4.82. The van der Waals surface area contributed by atoms with Crippen molar-refractivity contribution in [3.8, 4) is 0 Å². The van der Waals surface area contributed by atoms with Gasteiger partial charge in [-0.2, -0.15) is 0 Å². The van der Waals surface area contributed by atoms with E-state index in [1.807, 2.05) is 13.8 Å². The predicted octanol–water partition coefficient (Wildman–Crippen LogP) is 3.08. The van der Waals surface area contributed by atoms with Gasteiger partial charge in [-0.15, -0.1) is 0 Å². The number of furan rings is 1. The van der Waals surface area contributed by atoms with Gasteiger partial charge in [-0.3, -0.25) is 0 Å². The van der Waals surface area contributed by atoms with Gasteiger partial charge in [0.05, 0.1) is 19.0 Å². The lowest BCUT2D eigenvalue weighted by Crippen LogP contribution is -2.54. The average Bonchev–Trinajstić information content (AvgIpc) is 2.96. The first-order valence-electron chi connectivity index (χ1n) is 9.04. The number of esters is 1. The summed E-state index contributed by atoms with van der Waals surface area (Å²) < 4.78 is 11.4. The Hall–Kier alpha value is -1.59. The molecule has 1 fully saturated rings. The Morgan fingerprint density at radius 3 is 2.84 bits per heavy atom. The first-order chi connectivity index (χ1) is 11.8. The zero-order valence-electron chi connectivity index (χ0n) is 15.4. The summed E-state index contributed by atoms with van der Waals surface area (Å²) in [5, 5.41) is 21.3. The maximum atomic E-state index is 12.2. The van der Waals surface area contributed by atoms with Crippen LogP contribution in [-0.2, 0) is 16.0 Å². The van der Waals surface area contributed by atoms with E-state index in [2.05, 4.69) is 0 Å². The molecule has 3 rings (SSSR count). The summed E-state index contributed by atoms with van der Waals surface area (Å²) in [6.45, 7) is 7.34. The van der Waals surface area contributed by atoms with E-state index in [-0.39, 0.29) is 24.4 Å². The molecule has 1 saturated carbocycles. The minimum atomic E-state index is -0.735. The molecule has 0 radical (unpaired) electrons. The molecule has 2 aliphatic rings. The number of allylic oxidation sites excluding steroid dienone is 1. The van der Waals surface area contributed by atoms with Crippen molar-refractivity contribution in [3.05, 3.63) is 34.8 Å². The van der Waals surface area contributed by atoms with Crippen LogP contribution >= 0.6 is 0 Å². The molecule has 25 heavy (non-hydrogen) atoms. The summed E-state index contributed by atoms with van der Waals surface area (Å²) in [6, 6.07) is 0. The number of aliphatic hydroxyl groups excluding tert-OH is 2. The van der Waals surface area contributed by atoms with Gasteiger partial charge in [-0.25, -0.2) is 4.79 Å². The van der Waals surface area contributed by atoms with E-state index in [9.17, 15) is 15.0 Å². The number of fused-ring (bicyclic) bond motifs is 2. The van der Waals surface area contributed by atoms with E-state index < -0.39 is 17.6 Å². The summed E-state index contributed by atoms with van der Waals surface area (Å²) in [4.78, 5) is 12.2. The Balaban J connectivity index is 1.93. The monoisotopic (exact) mass is 348 g/mol. The van der Waals surface area contributed by atoms with E-state index in [4.69, 9.17) is 9.15 Å². The number of aryl methyl sites for hydroxylation is 1. The fraction of sp³-hybridized carbons (Fsp3) is 0.650. The SMILES string of the molecule is CC=C(C)C(=O)OC1CCC2Cc3occ(C)c3C(O)C2(C)C1CO. The van der Waals surface area contributed by atoms with E-state index in [1.165, 1.54) is 0 Å². The van der Waals surface area contributed by atoms with Crippen molar-refractivity contribution in [2.45, 2.75) is 59.2 Å². The fourth-order valence-electron chi connectivity index (χ4n) is 4.70. The lowest BCUT2D eigenvalue weighted by molar-refractivity contribution is -0.177. The highest BCUT2D eigenvalue weighted by Gasteiger charge is 2.57. The zero-order chi connectivity index (χ0) is 18.4. The topological polar surface area (TPSA) is 79.9 Å².